The number of nitrogens with zero attached hydrogens (tertiary/aromatic N) is 2. The van der Waals surface area contributed by atoms with Gasteiger partial charge in [0, 0.05) is 25.7 Å². The van der Waals surface area contributed by atoms with E-state index < -0.39 is 10.0 Å². The minimum atomic E-state index is -3.87. The lowest BCUT2D eigenvalue weighted by Crippen LogP contribution is -2.38. The zero-order valence-electron chi connectivity index (χ0n) is 18.1. The fraction of sp³-hybridized carbons (Fsp3) is 0.435. The third-order valence-electron chi connectivity index (χ3n) is 5.97. The molecule has 1 saturated carbocycles. The second kappa shape index (κ2) is 9.08. The maximum absolute atomic E-state index is 13.3. The molecule has 0 heterocycles. The van der Waals surface area contributed by atoms with Gasteiger partial charge < -0.3 is 9.64 Å². The van der Waals surface area contributed by atoms with Crippen LogP contribution in [0.3, 0.4) is 0 Å². The first kappa shape index (κ1) is 22.2. The number of hydrogen-bond donors (Lipinski definition) is 0. The molecular weight excluding hydrogens is 400 g/mol. The van der Waals surface area contributed by atoms with Gasteiger partial charge in [-0.15, -0.1) is 0 Å². The third kappa shape index (κ3) is 4.31. The molecule has 0 unspecified atom stereocenters. The van der Waals surface area contributed by atoms with E-state index in [1.165, 1.54) is 30.9 Å². The topological polar surface area (TPSA) is 66.9 Å². The minimum Gasteiger partial charge on any atom is -0.495 e. The Hall–Kier alpha value is -2.54. The molecule has 0 aliphatic heterocycles. The molecule has 0 atom stereocenters. The molecule has 1 aliphatic carbocycles. The molecule has 0 saturated heterocycles. The lowest BCUT2D eigenvalue weighted by Gasteiger charge is -2.31. The lowest BCUT2D eigenvalue weighted by atomic mass is 9.94. The van der Waals surface area contributed by atoms with Crippen molar-refractivity contribution >= 4 is 21.6 Å². The monoisotopic (exact) mass is 430 g/mol. The molecule has 1 fully saturated rings. The smallest absolute Gasteiger partial charge is 0.264 e. The summed E-state index contributed by atoms with van der Waals surface area (Å²) in [7, 11) is 0.946. The molecular formula is C23H30N2O4S. The summed E-state index contributed by atoms with van der Waals surface area (Å²) in [5, 5.41) is 0. The zero-order chi connectivity index (χ0) is 21.9. The zero-order valence-corrected chi connectivity index (χ0v) is 18.9. The van der Waals surface area contributed by atoms with Crippen LogP contribution in [0.5, 0.6) is 5.75 Å². The standard InChI is InChI=1S/C23H30N2O4S/c1-17-14-15-19(16-20(17)23(26)24(2)18-10-6-5-7-11-18)30(27,28)25(3)21-12-8-9-13-22(21)29-4/h8-9,12-16,18H,5-7,10-11H2,1-4H3. The predicted molar refractivity (Wildman–Crippen MR) is 119 cm³/mol. The van der Waals surface area contributed by atoms with Crippen molar-refractivity contribution < 1.29 is 17.9 Å². The summed E-state index contributed by atoms with van der Waals surface area (Å²) in [4.78, 5) is 15.0. The number of sulfonamides is 1. The van der Waals surface area contributed by atoms with E-state index in [4.69, 9.17) is 4.74 Å². The molecule has 1 amide bonds. The Bertz CT molecular complexity index is 1010. The van der Waals surface area contributed by atoms with E-state index >= 15 is 0 Å². The average Bonchev–Trinajstić information content (AvgIpc) is 2.78. The van der Waals surface area contributed by atoms with Crippen molar-refractivity contribution in [1.82, 2.24) is 4.90 Å². The fourth-order valence-corrected chi connectivity index (χ4v) is 5.23. The van der Waals surface area contributed by atoms with E-state index in [9.17, 15) is 13.2 Å². The van der Waals surface area contributed by atoms with E-state index in [-0.39, 0.29) is 16.8 Å². The van der Waals surface area contributed by atoms with Gasteiger partial charge in [-0.1, -0.05) is 37.5 Å². The fourth-order valence-electron chi connectivity index (χ4n) is 3.99. The van der Waals surface area contributed by atoms with Gasteiger partial charge in [-0.25, -0.2) is 8.42 Å². The molecule has 0 spiro atoms. The van der Waals surface area contributed by atoms with E-state index in [1.807, 2.05) is 14.0 Å². The first-order valence-corrected chi connectivity index (χ1v) is 11.7. The van der Waals surface area contributed by atoms with Gasteiger partial charge in [0.25, 0.3) is 15.9 Å². The highest BCUT2D eigenvalue weighted by atomic mass is 32.2. The van der Waals surface area contributed by atoms with Gasteiger partial charge >= 0.3 is 0 Å². The van der Waals surface area contributed by atoms with Gasteiger partial charge in [-0.3, -0.25) is 9.10 Å². The molecule has 0 N–H and O–H groups in total. The molecule has 3 rings (SSSR count). The number of methoxy groups -OCH3 is 1. The Labute approximate surface area is 179 Å². The maximum Gasteiger partial charge on any atom is 0.264 e. The Balaban J connectivity index is 1.94. The van der Waals surface area contributed by atoms with Crippen molar-refractivity contribution in [2.24, 2.45) is 0 Å². The van der Waals surface area contributed by atoms with Crippen molar-refractivity contribution in [2.45, 2.75) is 50.0 Å². The molecule has 0 bridgehead atoms. The van der Waals surface area contributed by atoms with Crippen LogP contribution >= 0.6 is 0 Å². The van der Waals surface area contributed by atoms with Gasteiger partial charge in [0.05, 0.1) is 17.7 Å². The molecule has 0 radical (unpaired) electrons. The van der Waals surface area contributed by atoms with Crippen molar-refractivity contribution in [2.75, 3.05) is 25.5 Å². The summed E-state index contributed by atoms with van der Waals surface area (Å²) in [5.74, 6) is 0.334. The largest absolute Gasteiger partial charge is 0.495 e. The van der Waals surface area contributed by atoms with Crippen LogP contribution in [0.25, 0.3) is 0 Å². The summed E-state index contributed by atoms with van der Waals surface area (Å²) in [5.41, 5.74) is 1.63. The number of aryl methyl sites for hydroxylation is 1. The first-order chi connectivity index (χ1) is 14.3. The average molecular weight is 431 g/mol. The number of hydrogen-bond acceptors (Lipinski definition) is 4. The van der Waals surface area contributed by atoms with E-state index in [0.29, 0.717) is 17.0 Å². The second-order valence-corrected chi connectivity index (χ2v) is 9.80. The molecule has 7 heteroatoms. The van der Waals surface area contributed by atoms with Crippen molar-refractivity contribution in [3.8, 4) is 5.75 Å². The lowest BCUT2D eigenvalue weighted by molar-refractivity contribution is 0.0695. The molecule has 2 aromatic rings. The molecule has 6 nitrogen and oxygen atoms in total. The van der Waals surface area contributed by atoms with E-state index in [2.05, 4.69) is 0 Å². The van der Waals surface area contributed by atoms with Gasteiger partial charge in [0.2, 0.25) is 0 Å². The van der Waals surface area contributed by atoms with Crippen molar-refractivity contribution in [3.63, 3.8) is 0 Å². The van der Waals surface area contributed by atoms with Crippen molar-refractivity contribution in [1.29, 1.82) is 0 Å². The molecule has 30 heavy (non-hydrogen) atoms. The van der Waals surface area contributed by atoms with Crippen LogP contribution < -0.4 is 9.04 Å². The van der Waals surface area contributed by atoms with Gasteiger partial charge in [-0.2, -0.15) is 0 Å². The third-order valence-corrected chi connectivity index (χ3v) is 7.73. The number of carbonyl (C=O) groups excluding carboxylic acids is 1. The van der Waals surface area contributed by atoms with Gasteiger partial charge in [0.15, 0.2) is 0 Å². The Morgan fingerprint density at radius 2 is 1.70 bits per heavy atom. The van der Waals surface area contributed by atoms with Crippen LogP contribution in [0.15, 0.2) is 47.4 Å². The SMILES string of the molecule is COc1ccccc1N(C)S(=O)(=O)c1ccc(C)c(C(=O)N(C)C2CCCCC2)c1. The predicted octanol–water partition coefficient (Wildman–Crippen LogP) is 4.23. The van der Waals surface area contributed by atoms with Crippen LogP contribution in [0, 0.1) is 6.92 Å². The summed E-state index contributed by atoms with van der Waals surface area (Å²) in [6, 6.07) is 11.9. The van der Waals surface area contributed by atoms with Crippen LogP contribution in [0.1, 0.15) is 48.0 Å². The molecule has 0 aromatic heterocycles. The van der Waals surface area contributed by atoms with Gasteiger partial charge in [-0.05, 0) is 49.6 Å². The molecule has 1 aliphatic rings. The molecule has 162 valence electrons. The second-order valence-electron chi connectivity index (χ2n) is 7.83. The number of amides is 1. The first-order valence-electron chi connectivity index (χ1n) is 10.3. The highest BCUT2D eigenvalue weighted by molar-refractivity contribution is 7.92. The van der Waals surface area contributed by atoms with E-state index in [0.717, 1.165) is 31.2 Å². The number of ether oxygens (including phenoxy) is 1. The van der Waals surface area contributed by atoms with E-state index in [1.54, 1.807) is 41.3 Å². The highest BCUT2D eigenvalue weighted by Crippen LogP contribution is 2.32. The van der Waals surface area contributed by atoms with Crippen LogP contribution in [0.2, 0.25) is 0 Å². The summed E-state index contributed by atoms with van der Waals surface area (Å²) in [6.45, 7) is 1.84. The van der Waals surface area contributed by atoms with Gasteiger partial charge in [0.1, 0.15) is 5.75 Å². The Morgan fingerprint density at radius 3 is 2.37 bits per heavy atom. The number of carbonyl (C=O) groups is 1. The molecule has 2 aromatic carbocycles. The maximum atomic E-state index is 13.3. The summed E-state index contributed by atoms with van der Waals surface area (Å²) in [6.07, 6.45) is 5.45. The summed E-state index contributed by atoms with van der Waals surface area (Å²) < 4.78 is 33.1. The minimum absolute atomic E-state index is 0.0851. The van der Waals surface area contributed by atoms with Crippen molar-refractivity contribution in [3.05, 3.63) is 53.6 Å². The summed E-state index contributed by atoms with van der Waals surface area (Å²) >= 11 is 0. The number of anilines is 1. The number of benzene rings is 2. The number of para-hydroxylation sites is 2. The normalized spacial score (nSPS) is 14.9. The van der Waals surface area contributed by atoms with Crippen LogP contribution in [-0.2, 0) is 10.0 Å². The van der Waals surface area contributed by atoms with Crippen LogP contribution in [-0.4, -0.2) is 46.5 Å². The Kier molecular flexibility index (Phi) is 6.71. The quantitative estimate of drug-likeness (QED) is 0.688. The highest BCUT2D eigenvalue weighted by Gasteiger charge is 2.28. The van der Waals surface area contributed by atoms with Crippen LogP contribution in [0.4, 0.5) is 5.69 Å². The number of rotatable bonds is 6. The Morgan fingerprint density at radius 1 is 1.03 bits per heavy atom.